The molecule has 1 rings (SSSR count). The number of carbonyl (C=O) groups excluding carboxylic acids is 2. The second-order valence-corrected chi connectivity index (χ2v) is 16.6. The summed E-state index contributed by atoms with van der Waals surface area (Å²) < 4.78 is 22.0. The molecular formula is C48H88O10. The molecule has 1 aliphatic heterocycles. The van der Waals surface area contributed by atoms with Gasteiger partial charge in [-0.15, -0.1) is 0 Å². The largest absolute Gasteiger partial charge is 0.458 e. The highest BCUT2D eigenvalue weighted by molar-refractivity contribution is 5.82. The molecule has 0 saturated carbocycles. The molecule has 0 radical (unpaired) electrons. The van der Waals surface area contributed by atoms with Crippen molar-refractivity contribution in [3.63, 3.8) is 0 Å². The van der Waals surface area contributed by atoms with Gasteiger partial charge in [0.25, 0.3) is 0 Å². The van der Waals surface area contributed by atoms with Gasteiger partial charge in [-0.1, -0.05) is 205 Å². The number of carbonyl (C=O) groups is 2. The minimum atomic E-state index is -1.60. The molecule has 0 aromatic carbocycles. The number of ether oxygens (including phenoxy) is 4. The van der Waals surface area contributed by atoms with Crippen molar-refractivity contribution in [2.75, 3.05) is 19.8 Å². The van der Waals surface area contributed by atoms with E-state index in [-0.39, 0.29) is 19.6 Å². The van der Waals surface area contributed by atoms with Gasteiger partial charge in [-0.05, 0) is 19.3 Å². The zero-order chi connectivity index (χ0) is 42.3. The van der Waals surface area contributed by atoms with Crippen LogP contribution in [0.5, 0.6) is 0 Å². The summed E-state index contributed by atoms with van der Waals surface area (Å²) in [4.78, 5) is 25.2. The third-order valence-electron chi connectivity index (χ3n) is 11.2. The maximum Gasteiger partial charge on any atom is 0.330 e. The predicted molar refractivity (Wildman–Crippen MR) is 233 cm³/mol. The second kappa shape index (κ2) is 39.3. The average molecular weight is 825 g/mol. The Morgan fingerprint density at radius 3 is 1.48 bits per heavy atom. The van der Waals surface area contributed by atoms with Gasteiger partial charge in [-0.3, -0.25) is 4.79 Å². The van der Waals surface area contributed by atoms with E-state index < -0.39 is 55.4 Å². The summed E-state index contributed by atoms with van der Waals surface area (Å²) >= 11 is 0. The number of unbranched alkanes of at least 4 members (excludes halogenated alkanes) is 28. The fourth-order valence-electron chi connectivity index (χ4n) is 7.40. The zero-order valence-corrected chi connectivity index (χ0v) is 37.1. The maximum absolute atomic E-state index is 12.8. The van der Waals surface area contributed by atoms with E-state index in [0.29, 0.717) is 6.42 Å². The molecule has 4 N–H and O–H groups in total. The van der Waals surface area contributed by atoms with Crippen LogP contribution in [0.15, 0.2) is 24.3 Å². The van der Waals surface area contributed by atoms with Gasteiger partial charge >= 0.3 is 11.9 Å². The van der Waals surface area contributed by atoms with Crippen LogP contribution in [0.4, 0.5) is 0 Å². The lowest BCUT2D eigenvalue weighted by Gasteiger charge is -2.39. The Balaban J connectivity index is 2.33. The van der Waals surface area contributed by atoms with Gasteiger partial charge in [0.1, 0.15) is 31.0 Å². The quantitative estimate of drug-likeness (QED) is 0.0203. The van der Waals surface area contributed by atoms with Gasteiger partial charge < -0.3 is 39.4 Å². The van der Waals surface area contributed by atoms with Crippen LogP contribution in [0.1, 0.15) is 213 Å². The summed E-state index contributed by atoms with van der Waals surface area (Å²) in [6, 6.07) is 0. The summed E-state index contributed by atoms with van der Waals surface area (Å²) in [6.45, 7) is 3.33. The summed E-state index contributed by atoms with van der Waals surface area (Å²) in [5.41, 5.74) is 0. The van der Waals surface area contributed by atoms with Crippen LogP contribution in [-0.2, 0) is 28.5 Å². The van der Waals surface area contributed by atoms with Crippen molar-refractivity contribution in [1.29, 1.82) is 0 Å². The lowest BCUT2D eigenvalue weighted by Crippen LogP contribution is -2.59. The van der Waals surface area contributed by atoms with Crippen molar-refractivity contribution >= 4 is 11.9 Å². The molecule has 6 atom stereocenters. The molecule has 0 aliphatic carbocycles. The molecule has 2 unspecified atom stereocenters. The van der Waals surface area contributed by atoms with Crippen molar-refractivity contribution < 1.29 is 49.0 Å². The summed E-state index contributed by atoms with van der Waals surface area (Å²) in [5, 5.41) is 40.1. The summed E-state index contributed by atoms with van der Waals surface area (Å²) in [6.07, 6.45) is 36.7. The van der Waals surface area contributed by atoms with Crippen molar-refractivity contribution in [1.82, 2.24) is 0 Å². The smallest absolute Gasteiger partial charge is 0.330 e. The molecule has 10 nitrogen and oxygen atoms in total. The molecule has 340 valence electrons. The van der Waals surface area contributed by atoms with Crippen molar-refractivity contribution in [2.24, 2.45) is 0 Å². The first-order valence-electron chi connectivity index (χ1n) is 24.0. The van der Waals surface area contributed by atoms with Crippen LogP contribution in [-0.4, -0.2) is 89.0 Å². The summed E-state index contributed by atoms with van der Waals surface area (Å²) in [5.74, 6) is -1.05. The highest BCUT2D eigenvalue weighted by Crippen LogP contribution is 2.23. The first-order chi connectivity index (χ1) is 28.3. The van der Waals surface area contributed by atoms with E-state index >= 15 is 0 Å². The molecule has 0 spiro atoms. The topological polar surface area (TPSA) is 152 Å². The Morgan fingerprint density at radius 1 is 0.569 bits per heavy atom. The first kappa shape index (κ1) is 54.2. The van der Waals surface area contributed by atoms with Crippen LogP contribution in [0.3, 0.4) is 0 Å². The molecule has 10 heteroatoms. The zero-order valence-electron chi connectivity index (χ0n) is 37.1. The van der Waals surface area contributed by atoms with E-state index in [2.05, 4.69) is 13.8 Å². The molecule has 0 aromatic heterocycles. The predicted octanol–water partition coefficient (Wildman–Crippen LogP) is 10.5. The number of rotatable bonds is 40. The molecule has 1 fully saturated rings. The lowest BCUT2D eigenvalue weighted by molar-refractivity contribution is -0.305. The van der Waals surface area contributed by atoms with E-state index in [1.807, 2.05) is 12.2 Å². The normalized spacial score (nSPS) is 20.3. The van der Waals surface area contributed by atoms with Gasteiger partial charge in [0, 0.05) is 12.5 Å². The van der Waals surface area contributed by atoms with Gasteiger partial charge in [-0.2, -0.15) is 0 Å². The maximum atomic E-state index is 12.8. The number of esters is 2. The van der Waals surface area contributed by atoms with Crippen LogP contribution >= 0.6 is 0 Å². The van der Waals surface area contributed by atoms with Crippen LogP contribution in [0.2, 0.25) is 0 Å². The summed E-state index contributed by atoms with van der Waals surface area (Å²) in [7, 11) is 0. The third kappa shape index (κ3) is 30.2. The molecular weight excluding hydrogens is 737 g/mol. The van der Waals surface area contributed by atoms with Crippen molar-refractivity contribution in [2.45, 2.75) is 250 Å². The Morgan fingerprint density at radius 2 is 1.02 bits per heavy atom. The van der Waals surface area contributed by atoms with Crippen molar-refractivity contribution in [3.8, 4) is 0 Å². The SMILES string of the molecule is CCCCCCCCCCCCC/C=C/C=C/C(=O)OC[C@H](CO[C@@H]1O[C@H](CO)[C@H](O)C(O)C1O)OC(=O)CCCCCCCCCCCCCCCCCCCC. The van der Waals surface area contributed by atoms with Crippen LogP contribution < -0.4 is 0 Å². The average Bonchev–Trinajstić information content (AvgIpc) is 3.22. The molecule has 0 aromatic rings. The molecule has 0 bridgehead atoms. The first-order valence-corrected chi connectivity index (χ1v) is 24.0. The molecule has 1 saturated heterocycles. The Kier molecular flexibility index (Phi) is 36.7. The molecule has 1 heterocycles. The van der Waals surface area contributed by atoms with Gasteiger partial charge in [0.05, 0.1) is 13.2 Å². The van der Waals surface area contributed by atoms with Crippen LogP contribution in [0, 0.1) is 0 Å². The van der Waals surface area contributed by atoms with Gasteiger partial charge in [0.2, 0.25) is 0 Å². The van der Waals surface area contributed by atoms with Crippen LogP contribution in [0.25, 0.3) is 0 Å². The van der Waals surface area contributed by atoms with E-state index in [4.69, 9.17) is 18.9 Å². The number of hydrogen-bond acceptors (Lipinski definition) is 10. The molecule has 0 amide bonds. The number of hydrogen-bond donors (Lipinski definition) is 4. The third-order valence-corrected chi connectivity index (χ3v) is 11.2. The van der Waals surface area contributed by atoms with Gasteiger partial charge in [0.15, 0.2) is 12.4 Å². The fourth-order valence-corrected chi connectivity index (χ4v) is 7.40. The van der Waals surface area contributed by atoms with E-state index in [1.54, 1.807) is 6.08 Å². The van der Waals surface area contributed by atoms with Gasteiger partial charge in [-0.25, -0.2) is 4.79 Å². The Labute approximate surface area is 353 Å². The highest BCUT2D eigenvalue weighted by atomic mass is 16.7. The molecule has 58 heavy (non-hydrogen) atoms. The van der Waals surface area contributed by atoms with E-state index in [9.17, 15) is 30.0 Å². The lowest BCUT2D eigenvalue weighted by atomic mass is 9.99. The van der Waals surface area contributed by atoms with E-state index in [0.717, 1.165) is 32.1 Å². The Hall–Kier alpha value is -1.82. The fraction of sp³-hybridized carbons (Fsp3) is 0.875. The minimum absolute atomic E-state index is 0.215. The Bertz CT molecular complexity index is 1000. The standard InChI is InChI=1S/C48H88O10/c1-3-5-7-9-11-13-15-17-19-20-21-23-25-27-29-31-33-35-37-44(51)57-41(40-56-48-47(54)46(53)45(52)42(38-49)58-48)39-55-43(50)36-34-32-30-28-26-24-22-18-16-14-12-10-8-6-4-2/h30,32,34,36,41-42,45-49,52-54H,3-29,31,33,35,37-40H2,1-2H3/b32-30+,36-34+/t41-,42-,45+,46?,47?,48-/m1/s1. The molecule has 1 aliphatic rings. The number of aliphatic hydroxyl groups is 4. The number of aliphatic hydroxyl groups excluding tert-OH is 4. The monoisotopic (exact) mass is 825 g/mol. The highest BCUT2D eigenvalue weighted by Gasteiger charge is 2.44. The minimum Gasteiger partial charge on any atom is -0.458 e. The number of allylic oxidation sites excluding steroid dienone is 3. The van der Waals surface area contributed by atoms with Crippen molar-refractivity contribution in [3.05, 3.63) is 24.3 Å². The van der Waals surface area contributed by atoms with E-state index in [1.165, 1.54) is 160 Å². The second-order valence-electron chi connectivity index (χ2n) is 16.6.